The summed E-state index contributed by atoms with van der Waals surface area (Å²) < 4.78 is 0. The predicted molar refractivity (Wildman–Crippen MR) is 77.1 cm³/mol. The minimum Gasteiger partial charge on any atom is -0.397 e. The minimum absolute atomic E-state index is 0.235. The molecule has 1 amide bonds. The van der Waals surface area contributed by atoms with Gasteiger partial charge in [0.1, 0.15) is 5.69 Å². The van der Waals surface area contributed by atoms with Crippen molar-refractivity contribution in [2.24, 2.45) is 0 Å². The summed E-state index contributed by atoms with van der Waals surface area (Å²) in [4.78, 5) is 16.0. The highest BCUT2D eigenvalue weighted by atomic mass is 16.1. The number of carbonyl (C=O) groups is 1. The molecular weight excluding hydrogens is 238 g/mol. The third-order valence-electron chi connectivity index (χ3n) is 2.83. The first kappa shape index (κ1) is 13.1. The average Bonchev–Trinajstić information content (AvgIpc) is 2.39. The molecule has 0 fully saturated rings. The molecule has 4 heteroatoms. The number of hydrogen-bond donors (Lipinski definition) is 2. The standard InChI is InChI=1S/C15H17N3O/c1-10(2)11-4-3-5-13(8-11)18-15(19)14-7-6-12(16)9-17-14/h3-10H,16H2,1-2H3,(H,18,19). The zero-order valence-corrected chi connectivity index (χ0v) is 11.1. The molecule has 2 rings (SSSR count). The number of rotatable bonds is 3. The molecule has 19 heavy (non-hydrogen) atoms. The average molecular weight is 255 g/mol. The largest absolute Gasteiger partial charge is 0.397 e. The molecule has 98 valence electrons. The number of hydrogen-bond acceptors (Lipinski definition) is 3. The first-order valence-corrected chi connectivity index (χ1v) is 6.19. The lowest BCUT2D eigenvalue weighted by molar-refractivity contribution is 0.102. The maximum atomic E-state index is 12.0. The van der Waals surface area contributed by atoms with Crippen molar-refractivity contribution in [3.63, 3.8) is 0 Å². The summed E-state index contributed by atoms with van der Waals surface area (Å²) >= 11 is 0. The van der Waals surface area contributed by atoms with E-state index >= 15 is 0 Å². The van der Waals surface area contributed by atoms with Crippen molar-refractivity contribution in [1.82, 2.24) is 4.98 Å². The molecular formula is C15H17N3O. The molecule has 0 aliphatic heterocycles. The molecule has 0 saturated heterocycles. The van der Waals surface area contributed by atoms with Gasteiger partial charge in [0.15, 0.2) is 0 Å². The van der Waals surface area contributed by atoms with Gasteiger partial charge in [0.2, 0.25) is 0 Å². The number of nitrogens with zero attached hydrogens (tertiary/aromatic N) is 1. The first-order valence-electron chi connectivity index (χ1n) is 6.19. The van der Waals surface area contributed by atoms with Gasteiger partial charge in [-0.15, -0.1) is 0 Å². The van der Waals surface area contributed by atoms with E-state index < -0.39 is 0 Å². The lowest BCUT2D eigenvalue weighted by Crippen LogP contribution is -2.13. The Hall–Kier alpha value is -2.36. The molecule has 1 aromatic heterocycles. The SMILES string of the molecule is CC(C)c1cccc(NC(=O)c2ccc(N)cn2)c1. The second-order valence-corrected chi connectivity index (χ2v) is 4.71. The Morgan fingerprint density at radius 3 is 2.68 bits per heavy atom. The Bertz CT molecular complexity index is 576. The fraction of sp³-hybridized carbons (Fsp3) is 0.200. The maximum absolute atomic E-state index is 12.0. The maximum Gasteiger partial charge on any atom is 0.274 e. The van der Waals surface area contributed by atoms with Crippen LogP contribution in [0.2, 0.25) is 0 Å². The number of benzene rings is 1. The highest BCUT2D eigenvalue weighted by Crippen LogP contribution is 2.18. The quantitative estimate of drug-likeness (QED) is 0.885. The third-order valence-corrected chi connectivity index (χ3v) is 2.83. The molecule has 0 radical (unpaired) electrons. The lowest BCUT2D eigenvalue weighted by Gasteiger charge is -2.09. The summed E-state index contributed by atoms with van der Waals surface area (Å²) in [6, 6.07) is 11.1. The van der Waals surface area contributed by atoms with Gasteiger partial charge in [-0.2, -0.15) is 0 Å². The van der Waals surface area contributed by atoms with Crippen LogP contribution in [0.5, 0.6) is 0 Å². The van der Waals surface area contributed by atoms with Gasteiger partial charge in [0, 0.05) is 5.69 Å². The molecule has 0 aliphatic carbocycles. The van der Waals surface area contributed by atoms with E-state index in [1.165, 1.54) is 11.8 Å². The number of nitrogens with two attached hydrogens (primary N) is 1. The molecule has 1 heterocycles. The normalized spacial score (nSPS) is 10.5. The Labute approximate surface area is 112 Å². The van der Waals surface area contributed by atoms with Crippen molar-refractivity contribution >= 4 is 17.3 Å². The summed E-state index contributed by atoms with van der Waals surface area (Å²) in [5, 5.41) is 2.83. The van der Waals surface area contributed by atoms with Crippen LogP contribution >= 0.6 is 0 Å². The fourth-order valence-corrected chi connectivity index (χ4v) is 1.71. The van der Waals surface area contributed by atoms with Gasteiger partial charge in [0.25, 0.3) is 5.91 Å². The summed E-state index contributed by atoms with van der Waals surface area (Å²) in [6.45, 7) is 4.23. The van der Waals surface area contributed by atoms with Crippen LogP contribution in [0.15, 0.2) is 42.6 Å². The first-order chi connectivity index (χ1) is 9.06. The van der Waals surface area contributed by atoms with E-state index in [0.29, 0.717) is 17.3 Å². The Morgan fingerprint density at radius 2 is 2.05 bits per heavy atom. The summed E-state index contributed by atoms with van der Waals surface area (Å²) in [5.74, 6) is 0.187. The van der Waals surface area contributed by atoms with Crippen molar-refractivity contribution in [1.29, 1.82) is 0 Å². The molecule has 2 aromatic rings. The molecule has 0 atom stereocenters. The van der Waals surface area contributed by atoms with Gasteiger partial charge < -0.3 is 11.1 Å². The Balaban J connectivity index is 2.14. The molecule has 0 saturated carbocycles. The number of nitrogens with one attached hydrogen (secondary N) is 1. The summed E-state index contributed by atoms with van der Waals surface area (Å²) in [6.07, 6.45) is 1.47. The number of aromatic nitrogens is 1. The third kappa shape index (κ3) is 3.31. The van der Waals surface area contributed by atoms with Crippen LogP contribution in [-0.2, 0) is 0 Å². The topological polar surface area (TPSA) is 68.0 Å². The smallest absolute Gasteiger partial charge is 0.274 e. The highest BCUT2D eigenvalue weighted by molar-refractivity contribution is 6.02. The number of anilines is 2. The minimum atomic E-state index is -0.235. The Kier molecular flexibility index (Phi) is 3.80. The fourth-order valence-electron chi connectivity index (χ4n) is 1.71. The van der Waals surface area contributed by atoms with Gasteiger partial charge >= 0.3 is 0 Å². The van der Waals surface area contributed by atoms with Crippen LogP contribution in [0.3, 0.4) is 0 Å². The van der Waals surface area contributed by atoms with Crippen molar-refractivity contribution in [3.8, 4) is 0 Å². The summed E-state index contributed by atoms with van der Waals surface area (Å²) in [7, 11) is 0. The van der Waals surface area contributed by atoms with Crippen molar-refractivity contribution in [2.75, 3.05) is 11.1 Å². The van der Waals surface area contributed by atoms with E-state index in [0.717, 1.165) is 5.69 Å². The van der Waals surface area contributed by atoms with Gasteiger partial charge in [0.05, 0.1) is 11.9 Å². The zero-order chi connectivity index (χ0) is 13.8. The molecule has 0 aliphatic rings. The molecule has 0 unspecified atom stereocenters. The van der Waals surface area contributed by atoms with Crippen LogP contribution in [0.1, 0.15) is 35.8 Å². The van der Waals surface area contributed by atoms with Gasteiger partial charge in [-0.1, -0.05) is 26.0 Å². The van der Waals surface area contributed by atoms with Gasteiger partial charge in [-0.3, -0.25) is 4.79 Å². The van der Waals surface area contributed by atoms with Crippen molar-refractivity contribution < 1.29 is 4.79 Å². The Morgan fingerprint density at radius 1 is 1.26 bits per heavy atom. The van der Waals surface area contributed by atoms with Crippen LogP contribution in [0.4, 0.5) is 11.4 Å². The van der Waals surface area contributed by atoms with E-state index in [2.05, 4.69) is 24.1 Å². The summed E-state index contributed by atoms with van der Waals surface area (Å²) in [5.41, 5.74) is 8.39. The predicted octanol–water partition coefficient (Wildman–Crippen LogP) is 3.04. The van der Waals surface area contributed by atoms with Gasteiger partial charge in [-0.25, -0.2) is 4.98 Å². The second-order valence-electron chi connectivity index (χ2n) is 4.71. The highest BCUT2D eigenvalue weighted by Gasteiger charge is 2.08. The number of nitrogen functional groups attached to an aromatic ring is 1. The molecule has 3 N–H and O–H groups in total. The number of amides is 1. The van der Waals surface area contributed by atoms with Crippen LogP contribution in [0, 0.1) is 0 Å². The molecule has 4 nitrogen and oxygen atoms in total. The molecule has 1 aromatic carbocycles. The number of pyridine rings is 1. The lowest BCUT2D eigenvalue weighted by atomic mass is 10.0. The van der Waals surface area contributed by atoms with Crippen LogP contribution < -0.4 is 11.1 Å². The second kappa shape index (κ2) is 5.52. The van der Waals surface area contributed by atoms with E-state index in [4.69, 9.17) is 5.73 Å². The molecule has 0 spiro atoms. The van der Waals surface area contributed by atoms with Crippen LogP contribution in [-0.4, -0.2) is 10.9 Å². The number of carbonyl (C=O) groups excluding carboxylic acids is 1. The molecule has 0 bridgehead atoms. The zero-order valence-electron chi connectivity index (χ0n) is 11.1. The van der Waals surface area contributed by atoms with Crippen molar-refractivity contribution in [2.45, 2.75) is 19.8 Å². The van der Waals surface area contributed by atoms with E-state index in [1.54, 1.807) is 12.1 Å². The van der Waals surface area contributed by atoms with E-state index in [-0.39, 0.29) is 5.91 Å². The van der Waals surface area contributed by atoms with E-state index in [9.17, 15) is 4.79 Å². The van der Waals surface area contributed by atoms with E-state index in [1.807, 2.05) is 24.3 Å². The monoisotopic (exact) mass is 255 g/mol. The van der Waals surface area contributed by atoms with Crippen molar-refractivity contribution in [3.05, 3.63) is 53.9 Å². The van der Waals surface area contributed by atoms with Crippen LogP contribution in [0.25, 0.3) is 0 Å². The van der Waals surface area contributed by atoms with Gasteiger partial charge in [-0.05, 0) is 35.7 Å².